The van der Waals surface area contributed by atoms with Crippen molar-refractivity contribution in [2.75, 3.05) is 31.7 Å². The quantitative estimate of drug-likeness (QED) is 0.431. The van der Waals surface area contributed by atoms with Crippen molar-refractivity contribution in [2.24, 2.45) is 0 Å². The Labute approximate surface area is 206 Å². The normalized spacial score (nSPS) is 11.0. The van der Waals surface area contributed by atoms with Crippen molar-refractivity contribution in [2.45, 2.75) is 25.3 Å². The number of sulfonamides is 1. The number of ether oxygens (including phenoxy) is 3. The summed E-state index contributed by atoms with van der Waals surface area (Å²) in [5.41, 5.74) is 2.01. The fourth-order valence-corrected chi connectivity index (χ4v) is 4.82. The van der Waals surface area contributed by atoms with Crippen LogP contribution in [-0.2, 0) is 21.4 Å². The predicted molar refractivity (Wildman–Crippen MR) is 135 cm³/mol. The minimum Gasteiger partial charge on any atom is -0.497 e. The minimum atomic E-state index is -4.08. The number of rotatable bonds is 11. The smallest absolute Gasteiger partial charge is 0.264 e. The molecule has 35 heavy (non-hydrogen) atoms. The zero-order valence-electron chi connectivity index (χ0n) is 20.3. The molecule has 0 aliphatic rings. The van der Waals surface area contributed by atoms with Crippen LogP contribution < -0.4 is 23.8 Å². The second kappa shape index (κ2) is 11.6. The number of methoxy groups -OCH3 is 2. The SMILES string of the molecule is CCOc1ccc(CNC(=O)CN(c2ccc(OC)cc2OC)S(=O)(=O)c2ccc(C)cc2)cc1. The van der Waals surface area contributed by atoms with Gasteiger partial charge in [0, 0.05) is 12.6 Å². The van der Waals surface area contributed by atoms with Gasteiger partial charge in [-0.15, -0.1) is 0 Å². The number of nitrogens with one attached hydrogen (secondary N) is 1. The van der Waals surface area contributed by atoms with Crippen LogP contribution in [-0.4, -0.2) is 41.7 Å². The average molecular weight is 499 g/mol. The van der Waals surface area contributed by atoms with Crippen molar-refractivity contribution in [1.29, 1.82) is 0 Å². The molecule has 0 heterocycles. The van der Waals surface area contributed by atoms with Gasteiger partial charge in [-0.2, -0.15) is 0 Å². The summed E-state index contributed by atoms with van der Waals surface area (Å²) in [4.78, 5) is 13.0. The third-order valence-electron chi connectivity index (χ3n) is 5.28. The van der Waals surface area contributed by atoms with Gasteiger partial charge < -0.3 is 19.5 Å². The molecule has 9 heteroatoms. The summed E-state index contributed by atoms with van der Waals surface area (Å²) in [5.74, 6) is 1.04. The topological polar surface area (TPSA) is 94.2 Å². The van der Waals surface area contributed by atoms with Gasteiger partial charge in [-0.3, -0.25) is 9.10 Å². The number of carbonyl (C=O) groups excluding carboxylic acids is 1. The van der Waals surface area contributed by atoms with Crippen molar-refractivity contribution in [3.05, 3.63) is 77.9 Å². The molecule has 186 valence electrons. The van der Waals surface area contributed by atoms with E-state index in [0.717, 1.165) is 21.2 Å². The summed E-state index contributed by atoms with van der Waals surface area (Å²) in [6.07, 6.45) is 0. The van der Waals surface area contributed by atoms with E-state index in [4.69, 9.17) is 14.2 Å². The first kappa shape index (κ1) is 25.9. The maximum atomic E-state index is 13.6. The molecule has 8 nitrogen and oxygen atoms in total. The Morgan fingerprint density at radius 2 is 1.57 bits per heavy atom. The Morgan fingerprint density at radius 3 is 2.17 bits per heavy atom. The molecule has 0 aliphatic heterocycles. The molecule has 3 aromatic rings. The van der Waals surface area contributed by atoms with Crippen LogP contribution in [0.4, 0.5) is 5.69 Å². The largest absolute Gasteiger partial charge is 0.497 e. The van der Waals surface area contributed by atoms with Crippen molar-refractivity contribution in [1.82, 2.24) is 5.32 Å². The Kier molecular flexibility index (Phi) is 8.59. The van der Waals surface area contributed by atoms with E-state index in [0.29, 0.717) is 12.4 Å². The molecular weight excluding hydrogens is 468 g/mol. The number of aryl methyl sites for hydroxylation is 1. The van der Waals surface area contributed by atoms with Gasteiger partial charge in [0.1, 0.15) is 23.8 Å². The second-order valence-electron chi connectivity index (χ2n) is 7.72. The lowest BCUT2D eigenvalue weighted by Gasteiger charge is -2.26. The highest BCUT2D eigenvalue weighted by Gasteiger charge is 2.29. The van der Waals surface area contributed by atoms with Gasteiger partial charge >= 0.3 is 0 Å². The van der Waals surface area contributed by atoms with Crippen molar-refractivity contribution >= 4 is 21.6 Å². The maximum absolute atomic E-state index is 13.6. The second-order valence-corrected chi connectivity index (χ2v) is 9.58. The Morgan fingerprint density at radius 1 is 0.914 bits per heavy atom. The van der Waals surface area contributed by atoms with Gasteiger partial charge in [-0.05, 0) is 55.8 Å². The first-order chi connectivity index (χ1) is 16.8. The monoisotopic (exact) mass is 498 g/mol. The lowest BCUT2D eigenvalue weighted by Crippen LogP contribution is -2.40. The fraction of sp³-hybridized carbons (Fsp3) is 0.269. The Balaban J connectivity index is 1.88. The summed E-state index contributed by atoms with van der Waals surface area (Å²) in [6, 6.07) is 18.5. The molecule has 1 N–H and O–H groups in total. The van der Waals surface area contributed by atoms with E-state index in [-0.39, 0.29) is 22.9 Å². The summed E-state index contributed by atoms with van der Waals surface area (Å²) < 4.78 is 44.4. The summed E-state index contributed by atoms with van der Waals surface area (Å²) in [5, 5.41) is 2.79. The molecular formula is C26H30N2O6S. The third-order valence-corrected chi connectivity index (χ3v) is 7.05. The van der Waals surface area contributed by atoms with Gasteiger partial charge in [0.05, 0.1) is 31.4 Å². The van der Waals surface area contributed by atoms with Crippen LogP contribution in [0, 0.1) is 6.92 Å². The van der Waals surface area contributed by atoms with E-state index in [1.165, 1.54) is 26.4 Å². The lowest BCUT2D eigenvalue weighted by atomic mass is 10.2. The Hall–Kier alpha value is -3.72. The van der Waals surface area contributed by atoms with E-state index in [2.05, 4.69) is 5.32 Å². The molecule has 0 radical (unpaired) electrons. The van der Waals surface area contributed by atoms with Gasteiger partial charge in [0.25, 0.3) is 10.0 Å². The third kappa shape index (κ3) is 6.45. The first-order valence-corrected chi connectivity index (χ1v) is 12.5. The van der Waals surface area contributed by atoms with Crippen molar-refractivity contribution < 1.29 is 27.4 Å². The molecule has 0 atom stereocenters. The number of benzene rings is 3. The molecule has 0 bridgehead atoms. The van der Waals surface area contributed by atoms with Gasteiger partial charge in [-0.1, -0.05) is 29.8 Å². The van der Waals surface area contributed by atoms with Crippen LogP contribution in [0.1, 0.15) is 18.1 Å². The molecule has 3 rings (SSSR count). The highest BCUT2D eigenvalue weighted by atomic mass is 32.2. The summed E-state index contributed by atoms with van der Waals surface area (Å²) in [6.45, 7) is 4.15. The molecule has 0 fully saturated rings. The zero-order valence-corrected chi connectivity index (χ0v) is 21.1. The predicted octanol–water partition coefficient (Wildman–Crippen LogP) is 3.92. The highest BCUT2D eigenvalue weighted by molar-refractivity contribution is 7.92. The highest BCUT2D eigenvalue weighted by Crippen LogP contribution is 2.35. The fourth-order valence-electron chi connectivity index (χ4n) is 3.39. The van der Waals surface area contributed by atoms with Crippen LogP contribution in [0.5, 0.6) is 17.2 Å². The molecule has 1 amide bonds. The van der Waals surface area contributed by atoms with E-state index in [9.17, 15) is 13.2 Å². The number of amides is 1. The maximum Gasteiger partial charge on any atom is 0.264 e. The van der Waals surface area contributed by atoms with E-state index in [1.54, 1.807) is 30.3 Å². The van der Waals surface area contributed by atoms with Crippen LogP contribution in [0.15, 0.2) is 71.6 Å². The molecule has 0 aromatic heterocycles. The van der Waals surface area contributed by atoms with E-state index < -0.39 is 22.5 Å². The van der Waals surface area contributed by atoms with E-state index >= 15 is 0 Å². The van der Waals surface area contributed by atoms with E-state index in [1.807, 2.05) is 38.1 Å². The Bertz CT molecular complexity index is 1240. The zero-order chi connectivity index (χ0) is 25.4. The summed E-state index contributed by atoms with van der Waals surface area (Å²) in [7, 11) is -1.14. The molecule has 3 aromatic carbocycles. The number of nitrogens with zero attached hydrogens (tertiary/aromatic N) is 1. The van der Waals surface area contributed by atoms with Crippen LogP contribution >= 0.6 is 0 Å². The molecule has 0 unspecified atom stereocenters. The van der Waals surface area contributed by atoms with Gasteiger partial charge in [-0.25, -0.2) is 8.42 Å². The summed E-state index contributed by atoms with van der Waals surface area (Å²) >= 11 is 0. The van der Waals surface area contributed by atoms with Crippen molar-refractivity contribution in [3.63, 3.8) is 0 Å². The van der Waals surface area contributed by atoms with Crippen LogP contribution in [0.2, 0.25) is 0 Å². The number of carbonyl (C=O) groups is 1. The number of hydrogen-bond acceptors (Lipinski definition) is 6. The van der Waals surface area contributed by atoms with Gasteiger partial charge in [0.2, 0.25) is 5.91 Å². The first-order valence-electron chi connectivity index (χ1n) is 11.1. The molecule has 0 saturated carbocycles. The van der Waals surface area contributed by atoms with Crippen molar-refractivity contribution in [3.8, 4) is 17.2 Å². The standard InChI is InChI=1S/C26H30N2O6S/c1-5-34-21-10-8-20(9-11-21)17-27-26(29)18-28(24-15-12-22(32-3)16-25(24)33-4)35(30,31)23-13-6-19(2)7-14-23/h6-16H,5,17-18H2,1-4H3,(H,27,29). The average Bonchev–Trinajstić information content (AvgIpc) is 2.87. The molecule has 0 spiro atoms. The molecule has 0 saturated heterocycles. The van der Waals surface area contributed by atoms with Gasteiger partial charge in [0.15, 0.2) is 0 Å². The molecule has 0 aliphatic carbocycles. The van der Waals surface area contributed by atoms with Crippen LogP contribution in [0.3, 0.4) is 0 Å². The number of anilines is 1. The minimum absolute atomic E-state index is 0.0697. The van der Waals surface area contributed by atoms with Crippen LogP contribution in [0.25, 0.3) is 0 Å². The lowest BCUT2D eigenvalue weighted by molar-refractivity contribution is -0.119. The number of hydrogen-bond donors (Lipinski definition) is 1.